The molecule has 2 aliphatic carbocycles. The number of amides is 1. The molecule has 2 aliphatic rings. The van der Waals surface area contributed by atoms with E-state index in [1.807, 2.05) is 18.2 Å². The Bertz CT molecular complexity index is 777. The average Bonchev–Trinajstić information content (AvgIpc) is 3.31. The molecule has 1 aromatic carbocycles. The lowest BCUT2D eigenvalue weighted by Gasteiger charge is -2.26. The quantitative estimate of drug-likeness (QED) is 0.832. The number of anilines is 1. The van der Waals surface area contributed by atoms with Gasteiger partial charge < -0.3 is 11.1 Å². The van der Waals surface area contributed by atoms with E-state index in [4.69, 9.17) is 5.73 Å². The highest BCUT2D eigenvalue weighted by atomic mass is 35.5. The van der Waals surface area contributed by atoms with Crippen LogP contribution in [0.1, 0.15) is 43.7 Å². The fourth-order valence-corrected chi connectivity index (χ4v) is 5.29. The summed E-state index contributed by atoms with van der Waals surface area (Å²) >= 11 is 1.45. The van der Waals surface area contributed by atoms with Crippen molar-refractivity contribution in [3.63, 3.8) is 0 Å². The van der Waals surface area contributed by atoms with Gasteiger partial charge in [-0.3, -0.25) is 4.79 Å². The van der Waals surface area contributed by atoms with E-state index in [-0.39, 0.29) is 35.7 Å². The van der Waals surface area contributed by atoms with Crippen LogP contribution in [0.3, 0.4) is 0 Å². The molecule has 2 fully saturated rings. The van der Waals surface area contributed by atoms with Crippen LogP contribution in [0.5, 0.6) is 0 Å². The number of carbonyl (C=O) groups is 1. The normalized spacial score (nSPS) is 27.2. The van der Waals surface area contributed by atoms with Crippen LogP contribution in [0.15, 0.2) is 30.3 Å². The van der Waals surface area contributed by atoms with Gasteiger partial charge >= 0.3 is 0 Å². The van der Waals surface area contributed by atoms with E-state index in [9.17, 15) is 4.79 Å². The molecule has 0 radical (unpaired) electrons. The maximum atomic E-state index is 12.7. The Hall–Kier alpha value is -1.50. The van der Waals surface area contributed by atoms with Crippen LogP contribution in [0.4, 0.5) is 5.13 Å². The molecule has 0 aliphatic heterocycles. The molecule has 3 N–H and O–H groups in total. The van der Waals surface area contributed by atoms with Crippen molar-refractivity contribution in [1.29, 1.82) is 0 Å². The largest absolute Gasteiger partial charge is 0.327 e. The Morgan fingerprint density at radius 1 is 1.19 bits per heavy atom. The predicted molar refractivity (Wildman–Crippen MR) is 107 cm³/mol. The molecule has 2 saturated carbocycles. The Balaban J connectivity index is 0.00000196. The molecule has 140 valence electrons. The molecule has 2 bridgehead atoms. The van der Waals surface area contributed by atoms with Gasteiger partial charge in [0.1, 0.15) is 5.01 Å². The maximum absolute atomic E-state index is 12.7. The highest BCUT2D eigenvalue weighted by Crippen LogP contribution is 2.48. The first kappa shape index (κ1) is 19.3. The lowest BCUT2D eigenvalue weighted by Crippen LogP contribution is -2.42. The maximum Gasteiger partial charge on any atom is 0.231 e. The molecule has 0 spiro atoms. The zero-order chi connectivity index (χ0) is 17.6. The molecule has 0 saturated heterocycles. The molecule has 5 nitrogen and oxygen atoms in total. The number of carbonyl (C=O) groups excluding carboxylic acids is 1. The molecule has 2 aromatic rings. The van der Waals surface area contributed by atoms with Crippen molar-refractivity contribution < 1.29 is 4.79 Å². The SMILES string of the molecule is CC(C)(c1ccccc1)c1nnc(NC(=O)C2C3CCC(C3)C2N)s1.Cl. The van der Waals surface area contributed by atoms with E-state index in [0.717, 1.165) is 17.8 Å². The lowest BCUT2D eigenvalue weighted by atomic mass is 9.84. The molecule has 4 unspecified atom stereocenters. The van der Waals surface area contributed by atoms with Gasteiger partial charge in [0.2, 0.25) is 11.0 Å². The second-order valence-corrected chi connectivity index (χ2v) is 8.81. The van der Waals surface area contributed by atoms with Crippen LogP contribution >= 0.6 is 23.7 Å². The minimum Gasteiger partial charge on any atom is -0.327 e. The molecular weight excluding hydrogens is 368 g/mol. The van der Waals surface area contributed by atoms with Crippen LogP contribution in [0, 0.1) is 17.8 Å². The van der Waals surface area contributed by atoms with Gasteiger partial charge in [-0.15, -0.1) is 22.6 Å². The molecule has 4 atom stereocenters. The summed E-state index contributed by atoms with van der Waals surface area (Å²) in [6.45, 7) is 4.25. The average molecular weight is 393 g/mol. The van der Waals surface area contributed by atoms with E-state index in [1.165, 1.54) is 23.3 Å². The van der Waals surface area contributed by atoms with Gasteiger partial charge in [-0.1, -0.05) is 41.7 Å². The van der Waals surface area contributed by atoms with Crippen molar-refractivity contribution >= 4 is 34.8 Å². The summed E-state index contributed by atoms with van der Waals surface area (Å²) in [6.07, 6.45) is 3.39. The molecule has 1 heterocycles. The van der Waals surface area contributed by atoms with Crippen LogP contribution < -0.4 is 11.1 Å². The molecule has 4 rings (SSSR count). The Morgan fingerprint density at radius 3 is 2.54 bits per heavy atom. The predicted octanol–water partition coefficient (Wildman–Crippen LogP) is 3.60. The number of halogens is 1. The van der Waals surface area contributed by atoms with E-state index < -0.39 is 0 Å². The number of hydrogen-bond donors (Lipinski definition) is 2. The first-order valence-corrected chi connectivity index (χ1v) is 9.74. The van der Waals surface area contributed by atoms with Crippen molar-refractivity contribution in [3.8, 4) is 0 Å². The van der Waals surface area contributed by atoms with E-state index in [1.54, 1.807) is 0 Å². The van der Waals surface area contributed by atoms with E-state index in [2.05, 4.69) is 41.5 Å². The standard InChI is InChI=1S/C19H24N4OS.ClH/c1-19(2,13-6-4-3-5-7-13)17-22-23-18(25-17)21-16(24)14-11-8-9-12(10-11)15(14)20;/h3-7,11-12,14-15H,8-10,20H2,1-2H3,(H,21,23,24);1H. The lowest BCUT2D eigenvalue weighted by molar-refractivity contribution is -0.121. The molecule has 1 amide bonds. The summed E-state index contributed by atoms with van der Waals surface area (Å²) in [7, 11) is 0. The fourth-order valence-electron chi connectivity index (χ4n) is 4.42. The van der Waals surface area contributed by atoms with Crippen LogP contribution in [0.2, 0.25) is 0 Å². The Morgan fingerprint density at radius 2 is 1.88 bits per heavy atom. The van der Waals surface area contributed by atoms with Gasteiger partial charge in [0, 0.05) is 11.5 Å². The molecule has 7 heteroatoms. The summed E-state index contributed by atoms with van der Waals surface area (Å²) in [5, 5.41) is 13.0. The second-order valence-electron chi connectivity index (χ2n) is 7.83. The third kappa shape index (κ3) is 3.26. The number of hydrogen-bond acceptors (Lipinski definition) is 5. The van der Waals surface area contributed by atoms with Gasteiger partial charge in [0.25, 0.3) is 0 Å². The third-order valence-electron chi connectivity index (χ3n) is 5.97. The number of benzene rings is 1. The first-order chi connectivity index (χ1) is 12.0. The van der Waals surface area contributed by atoms with Gasteiger partial charge in [-0.2, -0.15) is 0 Å². The van der Waals surface area contributed by atoms with Gasteiger partial charge in [-0.25, -0.2) is 0 Å². The minimum atomic E-state index is -0.245. The van der Waals surface area contributed by atoms with Crippen LogP contribution in [-0.2, 0) is 10.2 Å². The van der Waals surface area contributed by atoms with Gasteiger partial charge in [-0.05, 0) is 50.5 Å². The van der Waals surface area contributed by atoms with Crippen molar-refractivity contribution in [3.05, 3.63) is 40.9 Å². The summed E-state index contributed by atoms with van der Waals surface area (Å²) in [5.41, 5.74) is 7.21. The fraction of sp³-hybridized carbons (Fsp3) is 0.526. The number of aromatic nitrogens is 2. The highest BCUT2D eigenvalue weighted by molar-refractivity contribution is 7.15. The third-order valence-corrected chi connectivity index (χ3v) is 7.13. The van der Waals surface area contributed by atoms with Crippen molar-refractivity contribution in [2.24, 2.45) is 23.5 Å². The Kier molecular flexibility index (Phi) is 5.37. The highest BCUT2D eigenvalue weighted by Gasteiger charge is 2.49. The van der Waals surface area contributed by atoms with E-state index in [0.29, 0.717) is 17.0 Å². The second kappa shape index (κ2) is 7.25. The first-order valence-electron chi connectivity index (χ1n) is 8.93. The number of nitrogens with two attached hydrogens (primary N) is 1. The minimum absolute atomic E-state index is 0. The topological polar surface area (TPSA) is 80.9 Å². The van der Waals surface area contributed by atoms with Crippen molar-refractivity contribution in [2.75, 3.05) is 5.32 Å². The zero-order valence-corrected chi connectivity index (χ0v) is 16.6. The number of nitrogens with zero attached hydrogens (tertiary/aromatic N) is 2. The summed E-state index contributed by atoms with van der Waals surface area (Å²) < 4.78 is 0. The summed E-state index contributed by atoms with van der Waals surface area (Å²) in [4.78, 5) is 12.7. The van der Waals surface area contributed by atoms with Gasteiger partial charge in [0.15, 0.2) is 0 Å². The van der Waals surface area contributed by atoms with E-state index >= 15 is 0 Å². The zero-order valence-electron chi connectivity index (χ0n) is 15.0. The summed E-state index contributed by atoms with van der Waals surface area (Å²) in [5.74, 6) is 0.893. The number of fused-ring (bicyclic) bond motifs is 2. The Labute approximate surface area is 164 Å². The van der Waals surface area contributed by atoms with Crippen LogP contribution in [-0.4, -0.2) is 22.1 Å². The number of rotatable bonds is 4. The van der Waals surface area contributed by atoms with Gasteiger partial charge in [0.05, 0.1) is 5.92 Å². The van der Waals surface area contributed by atoms with Crippen molar-refractivity contribution in [2.45, 2.75) is 44.6 Å². The van der Waals surface area contributed by atoms with Crippen LogP contribution in [0.25, 0.3) is 0 Å². The molecule has 1 aromatic heterocycles. The number of nitrogens with one attached hydrogen (secondary N) is 1. The summed E-state index contributed by atoms with van der Waals surface area (Å²) in [6, 6.07) is 10.2. The smallest absolute Gasteiger partial charge is 0.231 e. The molecule has 26 heavy (non-hydrogen) atoms. The monoisotopic (exact) mass is 392 g/mol. The van der Waals surface area contributed by atoms with Crippen molar-refractivity contribution in [1.82, 2.24) is 10.2 Å². The molecular formula is C19H25ClN4OS.